The van der Waals surface area contributed by atoms with E-state index < -0.39 is 5.97 Å². The molecule has 0 aliphatic heterocycles. The molecule has 0 fully saturated rings. The SMILES string of the molecule is C=CCCC/C=C/CCCCC(=O)O. The second kappa shape index (κ2) is 10.0. The van der Waals surface area contributed by atoms with Gasteiger partial charge in [-0.25, -0.2) is 0 Å². The van der Waals surface area contributed by atoms with Gasteiger partial charge in [0.15, 0.2) is 0 Å². The first-order valence-corrected chi connectivity index (χ1v) is 5.25. The fraction of sp³-hybridized carbons (Fsp3) is 0.583. The van der Waals surface area contributed by atoms with E-state index in [1.807, 2.05) is 6.08 Å². The minimum atomic E-state index is -0.694. The van der Waals surface area contributed by atoms with Gasteiger partial charge in [-0.3, -0.25) is 4.79 Å². The van der Waals surface area contributed by atoms with Crippen molar-refractivity contribution in [2.24, 2.45) is 0 Å². The topological polar surface area (TPSA) is 37.3 Å². The first-order chi connectivity index (χ1) is 6.77. The fourth-order valence-corrected chi connectivity index (χ4v) is 1.15. The predicted octanol–water partition coefficient (Wildman–Crippen LogP) is 3.54. The summed E-state index contributed by atoms with van der Waals surface area (Å²) in [5.74, 6) is -0.694. The number of carbonyl (C=O) groups is 1. The summed E-state index contributed by atoms with van der Waals surface area (Å²) in [6, 6.07) is 0. The van der Waals surface area contributed by atoms with Crippen molar-refractivity contribution in [1.29, 1.82) is 0 Å². The molecule has 14 heavy (non-hydrogen) atoms. The van der Waals surface area contributed by atoms with E-state index in [0.717, 1.165) is 38.5 Å². The summed E-state index contributed by atoms with van der Waals surface area (Å²) in [5.41, 5.74) is 0. The quantitative estimate of drug-likeness (QED) is 0.452. The first kappa shape index (κ1) is 12.9. The number of carboxylic acids is 1. The van der Waals surface area contributed by atoms with Crippen LogP contribution in [0.4, 0.5) is 0 Å². The molecule has 0 aromatic heterocycles. The molecule has 0 heterocycles. The van der Waals surface area contributed by atoms with Crippen molar-refractivity contribution in [3.05, 3.63) is 24.8 Å². The molecule has 0 amide bonds. The van der Waals surface area contributed by atoms with E-state index in [0.29, 0.717) is 6.42 Å². The second-order valence-corrected chi connectivity index (χ2v) is 3.33. The van der Waals surface area contributed by atoms with E-state index in [-0.39, 0.29) is 0 Å². The monoisotopic (exact) mass is 196 g/mol. The van der Waals surface area contributed by atoms with Crippen LogP contribution in [0, 0.1) is 0 Å². The van der Waals surface area contributed by atoms with Crippen molar-refractivity contribution in [2.45, 2.75) is 44.9 Å². The Kier molecular flexibility index (Phi) is 9.28. The molecule has 2 nitrogen and oxygen atoms in total. The summed E-state index contributed by atoms with van der Waals surface area (Å²) in [5, 5.41) is 8.39. The highest BCUT2D eigenvalue weighted by atomic mass is 16.4. The molecule has 0 unspecified atom stereocenters. The summed E-state index contributed by atoms with van der Waals surface area (Å²) >= 11 is 0. The second-order valence-electron chi connectivity index (χ2n) is 3.33. The fourth-order valence-electron chi connectivity index (χ4n) is 1.15. The number of hydrogen-bond acceptors (Lipinski definition) is 1. The Balaban J connectivity index is 3.10. The zero-order valence-electron chi connectivity index (χ0n) is 8.74. The van der Waals surface area contributed by atoms with Gasteiger partial charge in [0.25, 0.3) is 0 Å². The van der Waals surface area contributed by atoms with Gasteiger partial charge in [0.2, 0.25) is 0 Å². The van der Waals surface area contributed by atoms with E-state index in [4.69, 9.17) is 5.11 Å². The normalized spacial score (nSPS) is 10.6. The van der Waals surface area contributed by atoms with Gasteiger partial charge >= 0.3 is 5.97 Å². The van der Waals surface area contributed by atoms with E-state index in [1.165, 1.54) is 0 Å². The molecule has 0 aliphatic carbocycles. The Bertz CT molecular complexity index is 183. The Hall–Kier alpha value is -1.05. The number of hydrogen-bond donors (Lipinski definition) is 1. The number of carboxylic acid groups (broad SMARTS) is 1. The van der Waals surface area contributed by atoms with E-state index in [2.05, 4.69) is 18.7 Å². The zero-order chi connectivity index (χ0) is 10.6. The van der Waals surface area contributed by atoms with Crippen molar-refractivity contribution in [3.63, 3.8) is 0 Å². The summed E-state index contributed by atoms with van der Waals surface area (Å²) in [7, 11) is 0. The molecule has 0 saturated heterocycles. The van der Waals surface area contributed by atoms with Crippen molar-refractivity contribution >= 4 is 5.97 Å². The highest BCUT2D eigenvalue weighted by Gasteiger charge is 1.93. The third-order valence-electron chi connectivity index (χ3n) is 1.96. The summed E-state index contributed by atoms with van der Waals surface area (Å²) in [4.78, 5) is 10.2. The lowest BCUT2D eigenvalue weighted by Gasteiger charge is -1.93. The lowest BCUT2D eigenvalue weighted by Crippen LogP contribution is -1.92. The molecule has 0 radical (unpaired) electrons. The van der Waals surface area contributed by atoms with Gasteiger partial charge in [-0.2, -0.15) is 0 Å². The highest BCUT2D eigenvalue weighted by molar-refractivity contribution is 5.66. The minimum absolute atomic E-state index is 0.296. The average molecular weight is 196 g/mol. The van der Waals surface area contributed by atoms with Crippen LogP contribution < -0.4 is 0 Å². The van der Waals surface area contributed by atoms with Gasteiger partial charge < -0.3 is 5.11 Å². The van der Waals surface area contributed by atoms with Crippen LogP contribution in [0.5, 0.6) is 0 Å². The predicted molar refractivity (Wildman–Crippen MR) is 59.3 cm³/mol. The van der Waals surface area contributed by atoms with Crippen LogP contribution in [0.15, 0.2) is 24.8 Å². The molecular weight excluding hydrogens is 176 g/mol. The summed E-state index contributed by atoms with van der Waals surface area (Å²) in [6.07, 6.45) is 12.6. The molecule has 0 saturated carbocycles. The Morgan fingerprint density at radius 2 is 1.71 bits per heavy atom. The van der Waals surface area contributed by atoms with Crippen molar-refractivity contribution in [2.75, 3.05) is 0 Å². The van der Waals surface area contributed by atoms with Crippen LogP contribution in [-0.4, -0.2) is 11.1 Å². The van der Waals surface area contributed by atoms with Crippen LogP contribution in [0.25, 0.3) is 0 Å². The van der Waals surface area contributed by atoms with Crippen LogP contribution in [0.1, 0.15) is 44.9 Å². The third-order valence-corrected chi connectivity index (χ3v) is 1.96. The maximum atomic E-state index is 10.2. The molecule has 0 aromatic rings. The molecular formula is C12H20O2. The smallest absolute Gasteiger partial charge is 0.303 e. The van der Waals surface area contributed by atoms with E-state index >= 15 is 0 Å². The van der Waals surface area contributed by atoms with Crippen LogP contribution in [0.2, 0.25) is 0 Å². The largest absolute Gasteiger partial charge is 0.481 e. The first-order valence-electron chi connectivity index (χ1n) is 5.25. The molecule has 0 spiro atoms. The molecule has 0 aromatic carbocycles. The number of unbranched alkanes of at least 4 members (excludes halogenated alkanes) is 4. The number of aliphatic carboxylic acids is 1. The van der Waals surface area contributed by atoms with Gasteiger partial charge in [-0.05, 0) is 38.5 Å². The molecule has 0 atom stereocenters. The lowest BCUT2D eigenvalue weighted by atomic mass is 10.1. The molecule has 0 bridgehead atoms. The Morgan fingerprint density at radius 1 is 1.07 bits per heavy atom. The maximum absolute atomic E-state index is 10.2. The average Bonchev–Trinajstić information content (AvgIpc) is 2.15. The third kappa shape index (κ3) is 11.0. The van der Waals surface area contributed by atoms with Crippen LogP contribution in [-0.2, 0) is 4.79 Å². The molecule has 0 aliphatic rings. The number of rotatable bonds is 9. The van der Waals surface area contributed by atoms with Gasteiger partial charge in [0.1, 0.15) is 0 Å². The van der Waals surface area contributed by atoms with Crippen LogP contribution >= 0.6 is 0 Å². The standard InChI is InChI=1S/C12H20O2/c1-2-3-4-5-6-7-8-9-10-11-12(13)14/h2,6-7H,1,3-5,8-11H2,(H,13,14)/b7-6+. The minimum Gasteiger partial charge on any atom is -0.481 e. The van der Waals surface area contributed by atoms with Crippen molar-refractivity contribution in [1.82, 2.24) is 0 Å². The van der Waals surface area contributed by atoms with Gasteiger partial charge in [0.05, 0.1) is 0 Å². The molecule has 0 rings (SSSR count). The Labute approximate surface area is 86.3 Å². The Morgan fingerprint density at radius 3 is 2.29 bits per heavy atom. The van der Waals surface area contributed by atoms with Crippen LogP contribution in [0.3, 0.4) is 0 Å². The highest BCUT2D eigenvalue weighted by Crippen LogP contribution is 2.02. The van der Waals surface area contributed by atoms with Gasteiger partial charge in [-0.1, -0.05) is 18.2 Å². The summed E-state index contributed by atoms with van der Waals surface area (Å²) in [6.45, 7) is 3.66. The molecule has 1 N–H and O–H groups in total. The van der Waals surface area contributed by atoms with Gasteiger partial charge in [-0.15, -0.1) is 6.58 Å². The van der Waals surface area contributed by atoms with Gasteiger partial charge in [0, 0.05) is 6.42 Å². The zero-order valence-corrected chi connectivity index (χ0v) is 8.74. The number of allylic oxidation sites excluding steroid dienone is 3. The van der Waals surface area contributed by atoms with Crippen molar-refractivity contribution in [3.8, 4) is 0 Å². The lowest BCUT2D eigenvalue weighted by molar-refractivity contribution is -0.137. The molecule has 80 valence electrons. The van der Waals surface area contributed by atoms with E-state index in [9.17, 15) is 4.79 Å². The van der Waals surface area contributed by atoms with E-state index in [1.54, 1.807) is 0 Å². The summed E-state index contributed by atoms with van der Waals surface area (Å²) < 4.78 is 0. The van der Waals surface area contributed by atoms with Crippen molar-refractivity contribution < 1.29 is 9.90 Å². The molecule has 2 heteroatoms. The maximum Gasteiger partial charge on any atom is 0.303 e.